The summed E-state index contributed by atoms with van der Waals surface area (Å²) < 4.78 is 0. The molecule has 0 aromatic heterocycles. The number of hydrogen-bond acceptors (Lipinski definition) is 2. The van der Waals surface area contributed by atoms with Crippen molar-refractivity contribution in [3.05, 3.63) is 217 Å². The highest BCUT2D eigenvalue weighted by molar-refractivity contribution is 6.29. The van der Waals surface area contributed by atoms with Gasteiger partial charge in [0.25, 0.3) is 0 Å². The summed E-state index contributed by atoms with van der Waals surface area (Å²) in [4.78, 5) is 5.16. The molecule has 2 nitrogen and oxygen atoms in total. The van der Waals surface area contributed by atoms with Crippen molar-refractivity contribution in [1.29, 1.82) is 0 Å². The van der Waals surface area contributed by atoms with Crippen LogP contribution in [0.5, 0.6) is 0 Å². The highest BCUT2D eigenvalue weighted by Gasteiger charge is 2.30. The summed E-state index contributed by atoms with van der Waals surface area (Å²) >= 11 is 0. The third-order valence-corrected chi connectivity index (χ3v) is 15.0. The summed E-state index contributed by atoms with van der Waals surface area (Å²) in [6.07, 6.45) is 12.7. The predicted octanol–water partition coefficient (Wildman–Crippen LogP) is 19.0. The van der Waals surface area contributed by atoms with Crippen LogP contribution in [0.3, 0.4) is 0 Å². The van der Waals surface area contributed by atoms with Gasteiger partial charge in [-0.3, -0.25) is 0 Å². The van der Waals surface area contributed by atoms with Gasteiger partial charge in [-0.2, -0.15) is 0 Å². The maximum atomic E-state index is 2.61. The van der Waals surface area contributed by atoms with E-state index in [2.05, 4.69) is 216 Å². The lowest BCUT2D eigenvalue weighted by Gasteiger charge is -2.34. The first-order chi connectivity index (χ1) is 32.8. The molecule has 0 spiro atoms. The van der Waals surface area contributed by atoms with Crippen molar-refractivity contribution < 1.29 is 0 Å². The van der Waals surface area contributed by atoms with E-state index in [9.17, 15) is 0 Å². The molecule has 0 atom stereocenters. The Balaban J connectivity index is 1.21. The van der Waals surface area contributed by atoms with Crippen LogP contribution in [0, 0.1) is 0 Å². The average Bonchev–Trinajstić information content (AvgIpc) is 3.40. The van der Waals surface area contributed by atoms with Crippen molar-refractivity contribution in [3.63, 3.8) is 0 Å². The number of benzene rings is 10. The molecule has 0 aliphatic heterocycles. The molecule has 0 N–H and O–H groups in total. The van der Waals surface area contributed by atoms with Crippen molar-refractivity contribution in [1.82, 2.24) is 0 Å². The van der Waals surface area contributed by atoms with Gasteiger partial charge in [-0.1, -0.05) is 196 Å². The first-order valence-electron chi connectivity index (χ1n) is 24.6. The second kappa shape index (κ2) is 17.7. The molecule has 0 bridgehead atoms. The molecule has 0 saturated heterocycles. The van der Waals surface area contributed by atoms with Crippen LogP contribution in [0.25, 0.3) is 54.6 Å². The molecule has 2 aliphatic rings. The van der Waals surface area contributed by atoms with Gasteiger partial charge >= 0.3 is 0 Å². The van der Waals surface area contributed by atoms with Gasteiger partial charge in [0.15, 0.2) is 0 Å². The highest BCUT2D eigenvalue weighted by atomic mass is 15.2. The first-order valence-corrected chi connectivity index (χ1v) is 24.6. The molecule has 0 unspecified atom stereocenters. The number of anilines is 6. The Morgan fingerprint density at radius 3 is 1.02 bits per heavy atom. The fourth-order valence-corrected chi connectivity index (χ4v) is 11.9. The molecule has 0 amide bonds. The van der Waals surface area contributed by atoms with Gasteiger partial charge in [0.2, 0.25) is 0 Å². The van der Waals surface area contributed by atoms with Crippen molar-refractivity contribution in [3.8, 4) is 22.3 Å². The molecule has 12 rings (SSSR count). The molecule has 10 aromatic carbocycles. The van der Waals surface area contributed by atoms with Gasteiger partial charge < -0.3 is 9.80 Å². The minimum absolute atomic E-state index is 0.500. The van der Waals surface area contributed by atoms with Crippen LogP contribution in [0.1, 0.15) is 87.2 Å². The Morgan fingerprint density at radius 2 is 0.621 bits per heavy atom. The number of nitrogens with zero attached hydrogens (tertiary/aromatic N) is 2. The molecule has 2 fully saturated rings. The van der Waals surface area contributed by atoms with Crippen LogP contribution < -0.4 is 9.80 Å². The fraction of sp³-hybridized carbons (Fsp3) is 0.188. The largest absolute Gasteiger partial charge is 0.309 e. The lowest BCUT2D eigenvalue weighted by Crippen LogP contribution is -2.15. The van der Waals surface area contributed by atoms with Gasteiger partial charge in [0.1, 0.15) is 0 Å². The Hall–Kier alpha value is -7.16. The SMILES string of the molecule is c1ccc(-c2ccccc2N(c2ccccc2)c2cc(C3CCCCC3)c3ccc4c(N(c5ccccc5)c5ccccc5-c5ccccc5)cc(C5CCCCC5)c5ccc2c3c54)cc1. The zero-order valence-corrected chi connectivity index (χ0v) is 37.8. The van der Waals surface area contributed by atoms with E-state index in [0.717, 1.165) is 0 Å². The molecule has 2 saturated carbocycles. The van der Waals surface area contributed by atoms with Crippen molar-refractivity contribution in [2.24, 2.45) is 0 Å². The lowest BCUT2D eigenvalue weighted by molar-refractivity contribution is 0.445. The molecule has 0 radical (unpaired) electrons. The van der Waals surface area contributed by atoms with Crippen LogP contribution in [-0.4, -0.2) is 0 Å². The zero-order valence-electron chi connectivity index (χ0n) is 37.8. The van der Waals surface area contributed by atoms with E-state index in [4.69, 9.17) is 0 Å². The normalized spacial score (nSPS) is 14.8. The Bertz CT molecular complexity index is 3030. The maximum Gasteiger partial charge on any atom is 0.0543 e. The Morgan fingerprint density at radius 1 is 0.288 bits per heavy atom. The number of rotatable bonds is 10. The smallest absolute Gasteiger partial charge is 0.0543 e. The van der Waals surface area contributed by atoms with E-state index in [1.54, 1.807) is 0 Å². The minimum atomic E-state index is 0.500. The monoisotopic (exact) mass is 852 g/mol. The van der Waals surface area contributed by atoms with Crippen LogP contribution in [0.15, 0.2) is 206 Å². The summed E-state index contributed by atoms with van der Waals surface area (Å²) in [6, 6.07) is 77.4. The first kappa shape index (κ1) is 40.4. The van der Waals surface area contributed by atoms with Gasteiger partial charge in [0.05, 0.1) is 22.7 Å². The van der Waals surface area contributed by atoms with Gasteiger partial charge in [-0.25, -0.2) is 0 Å². The average molecular weight is 853 g/mol. The van der Waals surface area contributed by atoms with Crippen molar-refractivity contribution >= 4 is 66.4 Å². The molecular weight excluding hydrogens is 797 g/mol. The van der Waals surface area contributed by atoms with Crippen LogP contribution in [-0.2, 0) is 0 Å². The van der Waals surface area contributed by atoms with Crippen LogP contribution in [0.4, 0.5) is 34.1 Å². The van der Waals surface area contributed by atoms with E-state index >= 15 is 0 Å². The standard InChI is InChI=1S/C64H56N2/c1-7-23-45(24-8-1)51-35-19-21-37-59(51)65(49-31-15-5-16-32-49)61-43-57(47-27-11-3-12-28-47)53-40-42-56-62(44-58(48-29-13-4-14-30-48)54-39-41-55(61)63(53)64(54)56)66(50-33-17-6-18-34-50)60-38-22-20-36-52(60)46-25-9-2-10-26-46/h1-2,5-10,15-26,31-44,47-48H,3-4,11-14,27-30H2. The molecule has 322 valence electrons. The maximum absolute atomic E-state index is 2.61. The van der Waals surface area contributed by atoms with Crippen LogP contribution in [0.2, 0.25) is 0 Å². The molecule has 10 aromatic rings. The molecule has 2 heteroatoms. The number of para-hydroxylation sites is 4. The summed E-state index contributed by atoms with van der Waals surface area (Å²) in [5.41, 5.74) is 15.1. The summed E-state index contributed by atoms with van der Waals surface area (Å²) in [5, 5.41) is 8.26. The predicted molar refractivity (Wildman–Crippen MR) is 282 cm³/mol. The third-order valence-electron chi connectivity index (χ3n) is 15.0. The van der Waals surface area contributed by atoms with E-state index < -0.39 is 0 Å². The van der Waals surface area contributed by atoms with E-state index in [1.165, 1.54) is 164 Å². The van der Waals surface area contributed by atoms with Crippen molar-refractivity contribution in [2.45, 2.75) is 76.0 Å². The second-order valence-electron chi connectivity index (χ2n) is 18.8. The second-order valence-corrected chi connectivity index (χ2v) is 18.8. The molecule has 2 aliphatic carbocycles. The third kappa shape index (κ3) is 7.20. The Labute approximate surface area is 390 Å². The van der Waals surface area contributed by atoms with E-state index in [1.807, 2.05) is 0 Å². The molecule has 0 heterocycles. The zero-order chi connectivity index (χ0) is 43.8. The highest BCUT2D eigenvalue weighted by Crippen LogP contribution is 2.54. The molecular formula is C64H56N2. The topological polar surface area (TPSA) is 6.48 Å². The minimum Gasteiger partial charge on any atom is -0.309 e. The van der Waals surface area contributed by atoms with E-state index in [0.29, 0.717) is 11.8 Å². The molecule has 66 heavy (non-hydrogen) atoms. The van der Waals surface area contributed by atoms with Gasteiger partial charge in [-0.05, 0) is 130 Å². The fourth-order valence-electron chi connectivity index (χ4n) is 11.9. The van der Waals surface area contributed by atoms with Crippen LogP contribution >= 0.6 is 0 Å². The van der Waals surface area contributed by atoms with Gasteiger partial charge in [0, 0.05) is 33.3 Å². The summed E-state index contributed by atoms with van der Waals surface area (Å²) in [5.74, 6) is 1.000. The van der Waals surface area contributed by atoms with Crippen molar-refractivity contribution in [2.75, 3.05) is 9.80 Å². The van der Waals surface area contributed by atoms with Gasteiger partial charge in [-0.15, -0.1) is 0 Å². The number of hydrogen-bond donors (Lipinski definition) is 0. The Kier molecular flexibility index (Phi) is 10.8. The quantitative estimate of drug-likeness (QED) is 0.127. The summed E-state index contributed by atoms with van der Waals surface area (Å²) in [7, 11) is 0. The van der Waals surface area contributed by atoms with E-state index in [-0.39, 0.29) is 0 Å². The lowest BCUT2D eigenvalue weighted by atomic mass is 9.77. The summed E-state index contributed by atoms with van der Waals surface area (Å²) in [6.45, 7) is 0.